The van der Waals surface area contributed by atoms with E-state index in [4.69, 9.17) is 4.74 Å². The lowest BCUT2D eigenvalue weighted by Crippen LogP contribution is -2.42. The lowest BCUT2D eigenvalue weighted by Gasteiger charge is -2.30. The second kappa shape index (κ2) is 8.31. The number of thiophene rings is 1. The fraction of sp³-hybridized carbons (Fsp3) is 0.350. The normalized spacial score (nSPS) is 21.4. The summed E-state index contributed by atoms with van der Waals surface area (Å²) in [7, 11) is -3.10. The number of sulfone groups is 1. The molecule has 1 fully saturated rings. The first-order valence-electron chi connectivity index (χ1n) is 9.12. The largest absolute Gasteiger partial charge is 0.486 e. The molecule has 1 saturated heterocycles. The van der Waals surface area contributed by atoms with Gasteiger partial charge in [-0.25, -0.2) is 8.42 Å². The first kappa shape index (κ1) is 19.5. The molecule has 1 aromatic carbocycles. The Kier molecular flexibility index (Phi) is 5.80. The number of amides is 1. The van der Waals surface area contributed by atoms with Crippen LogP contribution in [0.1, 0.15) is 16.9 Å². The van der Waals surface area contributed by atoms with Gasteiger partial charge in [-0.1, -0.05) is 36.4 Å². The monoisotopic (exact) mass is 435 g/mol. The Hall–Kier alpha value is -1.77. The van der Waals surface area contributed by atoms with Gasteiger partial charge in [0.05, 0.1) is 29.6 Å². The summed E-state index contributed by atoms with van der Waals surface area (Å²) in [5.41, 5.74) is 0.950. The van der Waals surface area contributed by atoms with E-state index in [0.29, 0.717) is 25.3 Å². The summed E-state index contributed by atoms with van der Waals surface area (Å²) in [4.78, 5) is 17.1. The topological polar surface area (TPSA) is 63.7 Å². The maximum absolute atomic E-state index is 13.5. The number of rotatable bonds is 5. The van der Waals surface area contributed by atoms with Crippen LogP contribution in [0.15, 0.2) is 53.6 Å². The zero-order valence-electron chi connectivity index (χ0n) is 15.2. The van der Waals surface area contributed by atoms with Crippen LogP contribution in [0.25, 0.3) is 4.91 Å². The number of hydrogen-bond donors (Lipinski definition) is 0. The maximum Gasteiger partial charge on any atom is 0.290 e. The highest BCUT2D eigenvalue weighted by molar-refractivity contribution is 8.08. The molecular formula is C20H21NO4S3. The Balaban J connectivity index is 1.70. The molecule has 5 nitrogen and oxygen atoms in total. The minimum absolute atomic E-state index is 0.0191. The highest BCUT2D eigenvalue weighted by Gasteiger charge is 2.37. The average molecular weight is 436 g/mol. The third-order valence-electron chi connectivity index (χ3n) is 4.83. The summed E-state index contributed by atoms with van der Waals surface area (Å²) in [5.74, 6) is 1.05. The Morgan fingerprint density at radius 1 is 1.18 bits per heavy atom. The van der Waals surface area contributed by atoms with Gasteiger partial charge in [0.2, 0.25) is 0 Å². The number of carbonyl (C=O) groups is 1. The van der Waals surface area contributed by atoms with E-state index in [2.05, 4.69) is 0 Å². The Labute approximate surface area is 173 Å². The van der Waals surface area contributed by atoms with Crippen molar-refractivity contribution in [3.05, 3.63) is 64.0 Å². The summed E-state index contributed by atoms with van der Waals surface area (Å²) in [5, 5.41) is 1.96. The van der Waals surface area contributed by atoms with Gasteiger partial charge in [-0.3, -0.25) is 4.79 Å². The fourth-order valence-corrected chi connectivity index (χ4v) is 6.85. The van der Waals surface area contributed by atoms with Gasteiger partial charge in [-0.05, 0) is 23.4 Å². The molecule has 0 spiro atoms. The molecule has 1 amide bonds. The Morgan fingerprint density at radius 3 is 2.68 bits per heavy atom. The highest BCUT2D eigenvalue weighted by atomic mass is 32.2. The van der Waals surface area contributed by atoms with E-state index in [1.165, 1.54) is 0 Å². The zero-order valence-corrected chi connectivity index (χ0v) is 17.7. The number of nitrogens with zero attached hydrogens (tertiary/aromatic N) is 1. The maximum atomic E-state index is 13.5. The molecule has 0 saturated carbocycles. The van der Waals surface area contributed by atoms with Gasteiger partial charge in [-0.15, -0.1) is 23.1 Å². The van der Waals surface area contributed by atoms with Crippen molar-refractivity contribution in [2.45, 2.75) is 19.0 Å². The van der Waals surface area contributed by atoms with Gasteiger partial charge in [0.1, 0.15) is 0 Å². The van der Waals surface area contributed by atoms with Crippen LogP contribution in [0.3, 0.4) is 0 Å². The number of hydrogen-bond acceptors (Lipinski definition) is 6. The standard InChI is InChI=1S/C20H21NO4S3/c22-20(18-19(27-11-9-25-18)15-5-2-1-3-6-15)21(13-17-7-4-10-26-17)16-8-12-28(23,24)14-16/h1-7,10,16H,8-9,11-14H2/t16-/m1/s1. The van der Waals surface area contributed by atoms with Crippen molar-refractivity contribution in [2.75, 3.05) is 23.9 Å². The van der Waals surface area contributed by atoms with Crippen LogP contribution >= 0.6 is 23.1 Å². The van der Waals surface area contributed by atoms with E-state index < -0.39 is 9.84 Å². The molecule has 1 aromatic heterocycles. The van der Waals surface area contributed by atoms with Crippen molar-refractivity contribution in [3.63, 3.8) is 0 Å². The van der Waals surface area contributed by atoms with Gasteiger partial charge in [0, 0.05) is 16.7 Å². The second-order valence-electron chi connectivity index (χ2n) is 6.79. The molecular weight excluding hydrogens is 414 g/mol. The molecule has 148 valence electrons. The smallest absolute Gasteiger partial charge is 0.290 e. The first-order valence-corrected chi connectivity index (χ1v) is 12.8. The quantitative estimate of drug-likeness (QED) is 0.720. The molecule has 2 aliphatic heterocycles. The number of carbonyl (C=O) groups excluding carboxylic acids is 1. The SMILES string of the molecule is O=C(C1=C(c2ccccc2)SCCO1)N(Cc1cccs1)[C@@H]1CCS(=O)(=O)C1. The predicted octanol–water partition coefficient (Wildman–Crippen LogP) is 3.40. The van der Waals surface area contributed by atoms with E-state index in [-0.39, 0.29) is 23.5 Å². The summed E-state index contributed by atoms with van der Waals surface area (Å²) >= 11 is 3.18. The van der Waals surface area contributed by atoms with Crippen molar-refractivity contribution >= 4 is 43.7 Å². The van der Waals surface area contributed by atoms with Crippen molar-refractivity contribution < 1.29 is 17.9 Å². The van der Waals surface area contributed by atoms with Gasteiger partial charge in [0.25, 0.3) is 5.91 Å². The summed E-state index contributed by atoms with van der Waals surface area (Å²) < 4.78 is 29.9. The molecule has 3 heterocycles. The van der Waals surface area contributed by atoms with Crippen molar-refractivity contribution in [1.29, 1.82) is 0 Å². The van der Waals surface area contributed by atoms with E-state index >= 15 is 0 Å². The number of benzene rings is 1. The van der Waals surface area contributed by atoms with Crippen LogP contribution in [0.4, 0.5) is 0 Å². The lowest BCUT2D eigenvalue weighted by molar-refractivity contribution is -0.133. The van der Waals surface area contributed by atoms with Crippen molar-refractivity contribution in [2.24, 2.45) is 0 Å². The minimum Gasteiger partial charge on any atom is -0.486 e. The Morgan fingerprint density at radius 2 is 2.00 bits per heavy atom. The van der Waals surface area contributed by atoms with Crippen LogP contribution in [0, 0.1) is 0 Å². The molecule has 0 bridgehead atoms. The summed E-state index contributed by atoms with van der Waals surface area (Å²) in [6.07, 6.45) is 0.473. The summed E-state index contributed by atoms with van der Waals surface area (Å²) in [6, 6.07) is 13.3. The first-order chi connectivity index (χ1) is 13.5. The summed E-state index contributed by atoms with van der Waals surface area (Å²) in [6.45, 7) is 0.869. The van der Waals surface area contributed by atoms with Gasteiger partial charge >= 0.3 is 0 Å². The zero-order chi connectivity index (χ0) is 19.6. The molecule has 2 aliphatic rings. The third-order valence-corrected chi connectivity index (χ3v) is 8.52. The molecule has 1 atom stereocenters. The number of thioether (sulfide) groups is 1. The Bertz CT molecular complexity index is 968. The second-order valence-corrected chi connectivity index (χ2v) is 11.2. The predicted molar refractivity (Wildman–Crippen MR) is 114 cm³/mol. The lowest BCUT2D eigenvalue weighted by atomic mass is 10.1. The minimum atomic E-state index is -3.10. The molecule has 0 aliphatic carbocycles. The third kappa shape index (κ3) is 4.29. The average Bonchev–Trinajstić information content (AvgIpc) is 3.35. The van der Waals surface area contributed by atoms with Crippen LogP contribution in [-0.2, 0) is 25.9 Å². The van der Waals surface area contributed by atoms with Crippen molar-refractivity contribution in [3.8, 4) is 0 Å². The van der Waals surface area contributed by atoms with Crippen LogP contribution in [0.5, 0.6) is 0 Å². The van der Waals surface area contributed by atoms with E-state index in [1.54, 1.807) is 28.0 Å². The molecule has 0 radical (unpaired) electrons. The van der Waals surface area contributed by atoms with Crippen LogP contribution in [-0.4, -0.2) is 49.1 Å². The molecule has 4 rings (SSSR count). The molecule has 2 aromatic rings. The molecule has 0 N–H and O–H groups in total. The van der Waals surface area contributed by atoms with Crippen LogP contribution < -0.4 is 0 Å². The molecule has 0 unspecified atom stereocenters. The van der Waals surface area contributed by atoms with Gasteiger partial charge in [-0.2, -0.15) is 0 Å². The van der Waals surface area contributed by atoms with Crippen LogP contribution in [0.2, 0.25) is 0 Å². The van der Waals surface area contributed by atoms with E-state index in [0.717, 1.165) is 21.1 Å². The molecule has 8 heteroatoms. The van der Waals surface area contributed by atoms with Gasteiger partial charge < -0.3 is 9.64 Å². The fourth-order valence-electron chi connectivity index (χ4n) is 3.47. The highest BCUT2D eigenvalue weighted by Crippen LogP contribution is 2.36. The number of ether oxygens (including phenoxy) is 1. The van der Waals surface area contributed by atoms with E-state index in [1.807, 2.05) is 47.8 Å². The van der Waals surface area contributed by atoms with Gasteiger partial charge in [0.15, 0.2) is 15.6 Å². The van der Waals surface area contributed by atoms with E-state index in [9.17, 15) is 13.2 Å². The van der Waals surface area contributed by atoms with Crippen molar-refractivity contribution in [1.82, 2.24) is 4.90 Å². The molecule has 28 heavy (non-hydrogen) atoms.